The molecule has 1 heterocycles. The average molecular weight is 289 g/mol. The Labute approximate surface area is 115 Å². The number of rotatable bonds is 7. The van der Waals surface area contributed by atoms with Crippen molar-refractivity contribution in [3.63, 3.8) is 0 Å². The van der Waals surface area contributed by atoms with Crippen molar-refractivity contribution in [2.75, 3.05) is 12.3 Å². The minimum atomic E-state index is -2.95. The van der Waals surface area contributed by atoms with Crippen LogP contribution in [-0.2, 0) is 9.84 Å². The summed E-state index contributed by atoms with van der Waals surface area (Å²) in [6.07, 6.45) is 0. The summed E-state index contributed by atoms with van der Waals surface area (Å²) in [7, 11) is -2.95. The Bertz CT molecular complexity index is 436. The highest BCUT2D eigenvalue weighted by atomic mass is 32.2. The predicted octanol–water partition coefficient (Wildman–Crippen LogP) is 2.86. The first kappa shape index (κ1) is 15.7. The Morgan fingerprint density at radius 3 is 2.39 bits per heavy atom. The van der Waals surface area contributed by atoms with Crippen LogP contribution in [0.2, 0.25) is 0 Å². The van der Waals surface area contributed by atoms with E-state index >= 15 is 0 Å². The van der Waals surface area contributed by atoms with Gasteiger partial charge >= 0.3 is 0 Å². The van der Waals surface area contributed by atoms with Crippen LogP contribution in [-0.4, -0.2) is 26.0 Å². The third-order valence-electron chi connectivity index (χ3n) is 2.99. The monoisotopic (exact) mass is 289 g/mol. The van der Waals surface area contributed by atoms with E-state index in [9.17, 15) is 8.42 Å². The van der Waals surface area contributed by atoms with Gasteiger partial charge in [0.25, 0.3) is 0 Å². The third kappa shape index (κ3) is 4.37. The van der Waals surface area contributed by atoms with Gasteiger partial charge in [-0.15, -0.1) is 11.3 Å². The number of sulfone groups is 1. The van der Waals surface area contributed by atoms with Gasteiger partial charge < -0.3 is 5.32 Å². The van der Waals surface area contributed by atoms with Crippen LogP contribution in [0.15, 0.2) is 17.5 Å². The van der Waals surface area contributed by atoms with Crippen LogP contribution in [0.5, 0.6) is 0 Å². The van der Waals surface area contributed by atoms with Gasteiger partial charge in [-0.05, 0) is 31.2 Å². The van der Waals surface area contributed by atoms with E-state index in [0.29, 0.717) is 12.5 Å². The summed E-state index contributed by atoms with van der Waals surface area (Å²) in [5, 5.41) is 5.12. The summed E-state index contributed by atoms with van der Waals surface area (Å²) in [6.45, 7) is 8.27. The first-order valence-corrected chi connectivity index (χ1v) is 8.92. The predicted molar refractivity (Wildman–Crippen MR) is 78.8 cm³/mol. The largest absolute Gasteiger partial charge is 0.308 e. The number of hydrogen-bond donors (Lipinski definition) is 1. The molecule has 1 aromatic heterocycles. The Morgan fingerprint density at radius 1 is 1.28 bits per heavy atom. The molecule has 18 heavy (non-hydrogen) atoms. The Kier molecular flexibility index (Phi) is 5.82. The van der Waals surface area contributed by atoms with Crippen molar-refractivity contribution in [3.8, 4) is 0 Å². The molecule has 0 amide bonds. The normalized spacial score (nSPS) is 14.3. The zero-order chi connectivity index (χ0) is 13.8. The molecular formula is C13H23NO2S2. The molecule has 0 aliphatic rings. The molecule has 0 aliphatic carbocycles. The molecule has 0 radical (unpaired) electrons. The smallest absolute Gasteiger partial charge is 0.153 e. The summed E-state index contributed by atoms with van der Waals surface area (Å²) in [6, 6.07) is 4.37. The van der Waals surface area contributed by atoms with E-state index in [1.165, 1.54) is 4.88 Å². The topological polar surface area (TPSA) is 46.2 Å². The zero-order valence-corrected chi connectivity index (χ0v) is 13.1. The van der Waals surface area contributed by atoms with Gasteiger partial charge in [-0.1, -0.05) is 19.9 Å². The van der Waals surface area contributed by atoms with Gasteiger partial charge in [0.05, 0.1) is 11.0 Å². The molecule has 1 aromatic rings. The fourth-order valence-corrected chi connectivity index (χ4v) is 3.57. The van der Waals surface area contributed by atoms with Crippen LogP contribution in [0.25, 0.3) is 0 Å². The lowest BCUT2D eigenvalue weighted by Gasteiger charge is -2.21. The Hall–Kier alpha value is -0.390. The molecule has 1 N–H and O–H groups in total. The highest BCUT2D eigenvalue weighted by Crippen LogP contribution is 2.25. The first-order chi connectivity index (χ1) is 8.34. The van der Waals surface area contributed by atoms with Crippen LogP contribution in [0.4, 0.5) is 0 Å². The number of hydrogen-bond acceptors (Lipinski definition) is 4. The molecule has 0 aliphatic heterocycles. The van der Waals surface area contributed by atoms with Crippen LogP contribution in [0, 0.1) is 5.92 Å². The van der Waals surface area contributed by atoms with Gasteiger partial charge in [-0.3, -0.25) is 0 Å². The summed E-state index contributed by atoms with van der Waals surface area (Å²) < 4.78 is 23.5. The zero-order valence-electron chi connectivity index (χ0n) is 11.5. The van der Waals surface area contributed by atoms with Crippen LogP contribution >= 0.6 is 11.3 Å². The second kappa shape index (κ2) is 6.68. The lowest BCUT2D eigenvalue weighted by Crippen LogP contribution is -2.31. The standard InChI is InChI=1S/C13H23NO2S2/c1-10(2)13(12-6-5-8-17-12)14-7-9-18(15,16)11(3)4/h5-6,8,10-11,13-14H,7,9H2,1-4H3. The molecule has 1 atom stereocenters. The molecule has 0 fully saturated rings. The number of nitrogens with one attached hydrogen (secondary N) is 1. The fourth-order valence-electron chi connectivity index (χ4n) is 1.73. The van der Waals surface area contributed by atoms with Gasteiger partial charge in [0.1, 0.15) is 0 Å². The maximum Gasteiger partial charge on any atom is 0.153 e. The van der Waals surface area contributed by atoms with E-state index in [0.717, 1.165) is 0 Å². The van der Waals surface area contributed by atoms with E-state index in [4.69, 9.17) is 0 Å². The van der Waals surface area contributed by atoms with Gasteiger partial charge in [-0.2, -0.15) is 0 Å². The van der Waals surface area contributed by atoms with E-state index in [1.54, 1.807) is 25.2 Å². The average Bonchev–Trinajstić information content (AvgIpc) is 2.76. The molecular weight excluding hydrogens is 266 g/mol. The van der Waals surface area contributed by atoms with Crippen molar-refractivity contribution in [1.29, 1.82) is 0 Å². The van der Waals surface area contributed by atoms with Crippen molar-refractivity contribution in [3.05, 3.63) is 22.4 Å². The van der Waals surface area contributed by atoms with Gasteiger partial charge in [0, 0.05) is 17.5 Å². The first-order valence-electron chi connectivity index (χ1n) is 6.33. The third-order valence-corrected chi connectivity index (χ3v) is 6.15. The lowest BCUT2D eigenvalue weighted by molar-refractivity contribution is 0.427. The van der Waals surface area contributed by atoms with Gasteiger partial charge in [0.15, 0.2) is 9.84 Å². The van der Waals surface area contributed by atoms with Crippen molar-refractivity contribution >= 4 is 21.2 Å². The molecule has 1 rings (SSSR count). The molecule has 3 nitrogen and oxygen atoms in total. The highest BCUT2D eigenvalue weighted by molar-refractivity contribution is 7.92. The van der Waals surface area contributed by atoms with Gasteiger partial charge in [-0.25, -0.2) is 8.42 Å². The van der Waals surface area contributed by atoms with E-state index in [1.807, 2.05) is 6.07 Å². The second-order valence-electron chi connectivity index (χ2n) is 5.11. The van der Waals surface area contributed by atoms with Crippen molar-refractivity contribution in [1.82, 2.24) is 5.32 Å². The van der Waals surface area contributed by atoms with Gasteiger partial charge in [0.2, 0.25) is 0 Å². The molecule has 1 unspecified atom stereocenters. The molecule has 104 valence electrons. The molecule has 0 aromatic carbocycles. The maximum atomic E-state index is 11.7. The van der Waals surface area contributed by atoms with Crippen LogP contribution in [0.3, 0.4) is 0 Å². The summed E-state index contributed by atoms with van der Waals surface area (Å²) in [5.41, 5.74) is 0. The molecule has 0 saturated carbocycles. The van der Waals surface area contributed by atoms with Crippen molar-refractivity contribution < 1.29 is 8.42 Å². The highest BCUT2D eigenvalue weighted by Gasteiger charge is 2.19. The quantitative estimate of drug-likeness (QED) is 0.839. The maximum absolute atomic E-state index is 11.7. The van der Waals surface area contributed by atoms with E-state index < -0.39 is 9.84 Å². The van der Waals surface area contributed by atoms with Crippen LogP contribution in [0.1, 0.15) is 38.6 Å². The van der Waals surface area contributed by atoms with Crippen molar-refractivity contribution in [2.24, 2.45) is 5.92 Å². The lowest BCUT2D eigenvalue weighted by atomic mass is 10.0. The van der Waals surface area contributed by atoms with Crippen LogP contribution < -0.4 is 5.32 Å². The number of thiophene rings is 1. The molecule has 0 bridgehead atoms. The minimum Gasteiger partial charge on any atom is -0.308 e. The Balaban J connectivity index is 2.55. The Morgan fingerprint density at radius 2 is 1.94 bits per heavy atom. The summed E-state index contributed by atoms with van der Waals surface area (Å²) >= 11 is 1.71. The molecule has 0 saturated heterocycles. The summed E-state index contributed by atoms with van der Waals surface area (Å²) in [4.78, 5) is 1.27. The van der Waals surface area contributed by atoms with Crippen molar-refractivity contribution in [2.45, 2.75) is 39.0 Å². The fraction of sp³-hybridized carbons (Fsp3) is 0.692. The SMILES string of the molecule is CC(C)C(NCCS(=O)(=O)C(C)C)c1cccs1. The minimum absolute atomic E-state index is 0.208. The second-order valence-corrected chi connectivity index (χ2v) is 8.76. The molecule has 5 heteroatoms. The summed E-state index contributed by atoms with van der Waals surface area (Å²) in [5.74, 6) is 0.657. The van der Waals surface area contributed by atoms with E-state index in [-0.39, 0.29) is 17.0 Å². The van der Waals surface area contributed by atoms with E-state index in [2.05, 4.69) is 30.6 Å². The molecule has 0 spiro atoms.